The summed E-state index contributed by atoms with van der Waals surface area (Å²) in [6.07, 6.45) is 4.36. The van der Waals surface area contributed by atoms with Crippen LogP contribution in [0.1, 0.15) is 54.9 Å². The van der Waals surface area contributed by atoms with Gasteiger partial charge in [-0.05, 0) is 86.0 Å². The Labute approximate surface area is 244 Å². The lowest BCUT2D eigenvalue weighted by molar-refractivity contribution is -0.142. The number of hydrogen-bond donors (Lipinski definition) is 2. The van der Waals surface area contributed by atoms with Crippen LogP contribution in [-0.2, 0) is 29.1 Å². The molecule has 218 valence electrons. The standard InChI is InChI=1S/C34H43N3O4/c1-3-21-40-32-17-14-29(22-26(32)2)24-37(31-11-7-8-19-36-34(31)39)33(38)25-41-30-15-12-28(13-16-30)23-35-20-18-27-9-5-4-6-10-27/h4-6,9-10,12-17,22,31,35H,3,7-8,11,18-21,23-25H2,1-2H3,(H,36,39). The van der Waals surface area contributed by atoms with Crippen molar-refractivity contribution in [3.8, 4) is 11.5 Å². The van der Waals surface area contributed by atoms with Crippen molar-refractivity contribution in [1.29, 1.82) is 0 Å². The van der Waals surface area contributed by atoms with E-state index in [0.29, 0.717) is 31.9 Å². The Kier molecular flexibility index (Phi) is 11.6. The number of carbonyl (C=O) groups is 2. The summed E-state index contributed by atoms with van der Waals surface area (Å²) < 4.78 is 11.7. The number of rotatable bonds is 14. The zero-order valence-corrected chi connectivity index (χ0v) is 24.4. The average molecular weight is 558 g/mol. The van der Waals surface area contributed by atoms with Crippen LogP contribution in [0.25, 0.3) is 0 Å². The molecule has 0 spiro atoms. The number of carbonyl (C=O) groups excluding carboxylic acids is 2. The summed E-state index contributed by atoms with van der Waals surface area (Å²) >= 11 is 0. The van der Waals surface area contributed by atoms with E-state index in [1.165, 1.54) is 5.56 Å². The zero-order valence-electron chi connectivity index (χ0n) is 24.4. The van der Waals surface area contributed by atoms with Gasteiger partial charge in [0.05, 0.1) is 6.61 Å². The largest absolute Gasteiger partial charge is 0.493 e. The monoisotopic (exact) mass is 557 g/mol. The van der Waals surface area contributed by atoms with Crippen LogP contribution in [0.4, 0.5) is 0 Å². The van der Waals surface area contributed by atoms with E-state index in [-0.39, 0.29) is 18.4 Å². The van der Waals surface area contributed by atoms with Crippen molar-refractivity contribution in [1.82, 2.24) is 15.5 Å². The third kappa shape index (κ3) is 9.35. The summed E-state index contributed by atoms with van der Waals surface area (Å²) in [6, 6.07) is 23.7. The Hall–Kier alpha value is -3.84. The third-order valence-electron chi connectivity index (χ3n) is 7.30. The summed E-state index contributed by atoms with van der Waals surface area (Å²) in [7, 11) is 0. The summed E-state index contributed by atoms with van der Waals surface area (Å²) in [6.45, 7) is 7.25. The second-order valence-electron chi connectivity index (χ2n) is 10.6. The summed E-state index contributed by atoms with van der Waals surface area (Å²) in [5.41, 5.74) is 4.44. The van der Waals surface area contributed by atoms with Crippen LogP contribution >= 0.6 is 0 Å². The van der Waals surface area contributed by atoms with Crippen molar-refractivity contribution in [2.45, 2.75) is 65.1 Å². The quantitative estimate of drug-likeness (QED) is 0.267. The molecule has 1 fully saturated rings. The first-order valence-electron chi connectivity index (χ1n) is 14.8. The average Bonchev–Trinajstić information content (AvgIpc) is 3.21. The Balaban J connectivity index is 1.34. The van der Waals surface area contributed by atoms with Gasteiger partial charge in [-0.15, -0.1) is 0 Å². The van der Waals surface area contributed by atoms with Crippen molar-refractivity contribution >= 4 is 11.8 Å². The Bertz CT molecular complexity index is 1250. The number of hydrogen-bond acceptors (Lipinski definition) is 5. The second kappa shape index (κ2) is 15.8. The maximum Gasteiger partial charge on any atom is 0.261 e. The van der Waals surface area contributed by atoms with Crippen LogP contribution in [0, 0.1) is 6.92 Å². The topological polar surface area (TPSA) is 79.9 Å². The van der Waals surface area contributed by atoms with E-state index in [9.17, 15) is 9.59 Å². The molecule has 2 N–H and O–H groups in total. The van der Waals surface area contributed by atoms with Crippen molar-refractivity contribution in [2.75, 3.05) is 26.3 Å². The molecule has 7 heteroatoms. The summed E-state index contributed by atoms with van der Waals surface area (Å²) in [5, 5.41) is 6.44. The van der Waals surface area contributed by atoms with Crippen molar-refractivity contribution in [3.63, 3.8) is 0 Å². The van der Waals surface area contributed by atoms with Gasteiger partial charge in [0, 0.05) is 19.6 Å². The fourth-order valence-electron chi connectivity index (χ4n) is 5.01. The highest BCUT2D eigenvalue weighted by Crippen LogP contribution is 2.23. The molecule has 1 unspecified atom stereocenters. The number of benzene rings is 3. The predicted molar refractivity (Wildman–Crippen MR) is 162 cm³/mol. The lowest BCUT2D eigenvalue weighted by Gasteiger charge is -2.30. The van der Waals surface area contributed by atoms with Crippen LogP contribution in [0.3, 0.4) is 0 Å². The van der Waals surface area contributed by atoms with Gasteiger partial charge < -0.3 is 25.0 Å². The number of nitrogens with zero attached hydrogens (tertiary/aromatic N) is 1. The molecule has 4 rings (SSSR count). The third-order valence-corrected chi connectivity index (χ3v) is 7.30. The smallest absolute Gasteiger partial charge is 0.261 e. The van der Waals surface area contributed by atoms with E-state index >= 15 is 0 Å². The molecule has 3 aromatic carbocycles. The van der Waals surface area contributed by atoms with Gasteiger partial charge in [0.1, 0.15) is 17.5 Å². The molecule has 0 bridgehead atoms. The fraction of sp³-hybridized carbons (Fsp3) is 0.412. The summed E-state index contributed by atoms with van der Waals surface area (Å²) in [5.74, 6) is 1.17. The number of aryl methyl sites for hydroxylation is 1. The maximum absolute atomic E-state index is 13.5. The number of amides is 2. The van der Waals surface area contributed by atoms with Crippen LogP contribution < -0.4 is 20.1 Å². The normalized spacial score (nSPS) is 15.1. The molecule has 0 radical (unpaired) electrons. The van der Waals surface area contributed by atoms with Gasteiger partial charge in [0.2, 0.25) is 5.91 Å². The minimum atomic E-state index is -0.519. The highest BCUT2D eigenvalue weighted by molar-refractivity contribution is 5.88. The maximum atomic E-state index is 13.5. The molecule has 1 aliphatic rings. The van der Waals surface area contributed by atoms with Gasteiger partial charge in [0.15, 0.2) is 6.61 Å². The molecule has 2 amide bonds. The Morgan fingerprint density at radius 3 is 2.51 bits per heavy atom. The van der Waals surface area contributed by atoms with Gasteiger partial charge in [0.25, 0.3) is 5.91 Å². The van der Waals surface area contributed by atoms with Crippen molar-refractivity contribution in [2.24, 2.45) is 0 Å². The molecule has 7 nitrogen and oxygen atoms in total. The van der Waals surface area contributed by atoms with Crippen molar-refractivity contribution in [3.05, 3.63) is 95.1 Å². The molecule has 0 saturated carbocycles. The molecule has 1 atom stereocenters. The van der Waals surface area contributed by atoms with Gasteiger partial charge in [-0.2, -0.15) is 0 Å². The highest BCUT2D eigenvalue weighted by Gasteiger charge is 2.31. The molecule has 41 heavy (non-hydrogen) atoms. The van der Waals surface area contributed by atoms with Crippen LogP contribution in [0.5, 0.6) is 11.5 Å². The minimum Gasteiger partial charge on any atom is -0.493 e. The SMILES string of the molecule is CCCOc1ccc(CN(C(=O)COc2ccc(CNCCc3ccccc3)cc2)C2CCCCNC2=O)cc1C. The minimum absolute atomic E-state index is 0.0976. The van der Waals surface area contributed by atoms with E-state index in [2.05, 4.69) is 41.8 Å². The lowest BCUT2D eigenvalue weighted by Crippen LogP contribution is -2.49. The van der Waals surface area contributed by atoms with Crippen molar-refractivity contribution < 1.29 is 19.1 Å². The summed E-state index contributed by atoms with van der Waals surface area (Å²) in [4.78, 5) is 28.1. The first kappa shape index (κ1) is 30.1. The van der Waals surface area contributed by atoms with E-state index in [4.69, 9.17) is 9.47 Å². The number of nitrogens with one attached hydrogen (secondary N) is 2. The number of ether oxygens (including phenoxy) is 2. The van der Waals surface area contributed by atoms with E-state index in [1.54, 1.807) is 4.90 Å². The van der Waals surface area contributed by atoms with Gasteiger partial charge in [-0.1, -0.05) is 61.5 Å². The highest BCUT2D eigenvalue weighted by atomic mass is 16.5. The molecule has 1 heterocycles. The van der Waals surface area contributed by atoms with E-state index in [1.807, 2.05) is 55.5 Å². The molecule has 1 aliphatic heterocycles. The fourth-order valence-corrected chi connectivity index (χ4v) is 5.01. The molecule has 0 aliphatic carbocycles. The lowest BCUT2D eigenvalue weighted by atomic mass is 10.1. The molecule has 1 saturated heterocycles. The van der Waals surface area contributed by atoms with Crippen LogP contribution in [0.2, 0.25) is 0 Å². The molecule has 0 aromatic heterocycles. The first-order valence-corrected chi connectivity index (χ1v) is 14.8. The van der Waals surface area contributed by atoms with Gasteiger partial charge in [-0.3, -0.25) is 9.59 Å². The Morgan fingerprint density at radius 2 is 1.76 bits per heavy atom. The van der Waals surface area contributed by atoms with E-state index in [0.717, 1.165) is 61.2 Å². The van der Waals surface area contributed by atoms with E-state index < -0.39 is 6.04 Å². The van der Waals surface area contributed by atoms with Gasteiger partial charge >= 0.3 is 0 Å². The molecule has 3 aromatic rings. The Morgan fingerprint density at radius 1 is 0.976 bits per heavy atom. The second-order valence-corrected chi connectivity index (χ2v) is 10.6. The first-order chi connectivity index (χ1) is 20.0. The van der Waals surface area contributed by atoms with Gasteiger partial charge in [-0.25, -0.2) is 0 Å². The van der Waals surface area contributed by atoms with Crippen LogP contribution in [-0.4, -0.2) is 49.1 Å². The molecular weight excluding hydrogens is 514 g/mol. The molecular formula is C34H43N3O4. The zero-order chi connectivity index (χ0) is 28.9. The predicted octanol–water partition coefficient (Wildman–Crippen LogP) is 5.19. The van der Waals surface area contributed by atoms with Crippen LogP contribution in [0.15, 0.2) is 72.8 Å².